The highest BCUT2D eigenvalue weighted by molar-refractivity contribution is 7.81. The molecular weight excluding hydrogens is 184 g/mol. The zero-order valence-corrected chi connectivity index (χ0v) is 8.96. The molecule has 1 heterocycles. The topological polar surface area (TPSA) is 46.3 Å². The lowest BCUT2D eigenvalue weighted by atomic mass is 10.1. The molecule has 13 heavy (non-hydrogen) atoms. The number of rotatable bonds is 4. The molecule has 0 spiro atoms. The van der Waals surface area contributed by atoms with Crippen LogP contribution in [0.2, 0.25) is 0 Å². The Labute approximate surface area is 85.1 Å². The largest absolute Gasteiger partial charge is 0.339 e. The van der Waals surface area contributed by atoms with Gasteiger partial charge in [0.15, 0.2) is 0 Å². The second-order valence-electron chi connectivity index (χ2n) is 3.54. The molecule has 1 saturated heterocycles. The van der Waals surface area contributed by atoms with Gasteiger partial charge in [-0.2, -0.15) is 12.6 Å². The summed E-state index contributed by atoms with van der Waals surface area (Å²) in [4.78, 5) is 13.4. The van der Waals surface area contributed by atoms with E-state index in [0.29, 0.717) is 19.0 Å². The molecular formula is C9H18N2OS. The summed E-state index contributed by atoms with van der Waals surface area (Å²) in [7, 11) is 0. The van der Waals surface area contributed by atoms with E-state index in [1.807, 2.05) is 4.90 Å². The third-order valence-electron chi connectivity index (χ3n) is 2.55. The zero-order valence-electron chi connectivity index (χ0n) is 8.07. The Kier molecular flexibility index (Phi) is 4.06. The van der Waals surface area contributed by atoms with Crippen molar-refractivity contribution in [2.24, 2.45) is 5.73 Å². The Morgan fingerprint density at radius 1 is 1.77 bits per heavy atom. The molecule has 0 bridgehead atoms. The number of nitrogens with two attached hydrogens (primary N) is 1. The smallest absolute Gasteiger partial charge is 0.224 e. The first-order chi connectivity index (χ1) is 6.19. The monoisotopic (exact) mass is 202 g/mol. The highest BCUT2D eigenvalue weighted by atomic mass is 32.1. The number of amides is 1. The van der Waals surface area contributed by atoms with Crippen LogP contribution in [0.3, 0.4) is 0 Å². The molecule has 1 aliphatic heterocycles. The van der Waals surface area contributed by atoms with Crippen LogP contribution in [-0.4, -0.2) is 35.2 Å². The van der Waals surface area contributed by atoms with Crippen molar-refractivity contribution in [1.82, 2.24) is 4.90 Å². The van der Waals surface area contributed by atoms with E-state index in [1.54, 1.807) is 0 Å². The van der Waals surface area contributed by atoms with Crippen molar-refractivity contribution in [3.8, 4) is 0 Å². The summed E-state index contributed by atoms with van der Waals surface area (Å²) >= 11 is 4.32. The fourth-order valence-corrected chi connectivity index (χ4v) is 2.17. The van der Waals surface area contributed by atoms with Crippen molar-refractivity contribution in [3.05, 3.63) is 0 Å². The van der Waals surface area contributed by atoms with Gasteiger partial charge in [0.2, 0.25) is 5.91 Å². The average molecular weight is 202 g/mol. The van der Waals surface area contributed by atoms with Crippen LogP contribution in [0.4, 0.5) is 0 Å². The summed E-state index contributed by atoms with van der Waals surface area (Å²) in [6.45, 7) is 3.54. The van der Waals surface area contributed by atoms with E-state index in [0.717, 1.165) is 19.4 Å². The molecule has 0 aromatic rings. The average Bonchev–Trinajstić information content (AvgIpc) is 2.41. The molecule has 76 valence electrons. The van der Waals surface area contributed by atoms with Crippen LogP contribution in [0.25, 0.3) is 0 Å². The highest BCUT2D eigenvalue weighted by Crippen LogP contribution is 2.21. The van der Waals surface area contributed by atoms with Crippen molar-refractivity contribution in [2.45, 2.75) is 37.5 Å². The van der Waals surface area contributed by atoms with Crippen molar-refractivity contribution in [2.75, 3.05) is 13.1 Å². The maximum Gasteiger partial charge on any atom is 0.224 e. The van der Waals surface area contributed by atoms with Gasteiger partial charge in [-0.3, -0.25) is 4.79 Å². The first-order valence-electron chi connectivity index (χ1n) is 4.86. The van der Waals surface area contributed by atoms with Gasteiger partial charge in [-0.15, -0.1) is 0 Å². The molecule has 2 unspecified atom stereocenters. The minimum atomic E-state index is 0.222. The minimum Gasteiger partial charge on any atom is -0.339 e. The van der Waals surface area contributed by atoms with Gasteiger partial charge >= 0.3 is 0 Å². The van der Waals surface area contributed by atoms with E-state index >= 15 is 0 Å². The third kappa shape index (κ3) is 2.61. The van der Waals surface area contributed by atoms with E-state index in [-0.39, 0.29) is 11.2 Å². The van der Waals surface area contributed by atoms with Crippen molar-refractivity contribution < 1.29 is 4.79 Å². The molecule has 1 amide bonds. The van der Waals surface area contributed by atoms with Crippen LogP contribution in [-0.2, 0) is 4.79 Å². The van der Waals surface area contributed by atoms with Crippen molar-refractivity contribution >= 4 is 18.5 Å². The fourth-order valence-electron chi connectivity index (χ4n) is 1.84. The summed E-state index contributed by atoms with van der Waals surface area (Å²) < 4.78 is 0. The van der Waals surface area contributed by atoms with Gasteiger partial charge in [0.1, 0.15) is 0 Å². The van der Waals surface area contributed by atoms with Crippen LogP contribution >= 0.6 is 12.6 Å². The molecule has 0 aliphatic carbocycles. The van der Waals surface area contributed by atoms with Gasteiger partial charge in [0.25, 0.3) is 0 Å². The molecule has 2 atom stereocenters. The first kappa shape index (κ1) is 10.9. The van der Waals surface area contributed by atoms with Gasteiger partial charge in [0, 0.05) is 24.3 Å². The highest BCUT2D eigenvalue weighted by Gasteiger charge is 2.31. The molecule has 0 saturated carbocycles. The molecule has 1 fully saturated rings. The summed E-state index contributed by atoms with van der Waals surface area (Å²) in [5, 5.41) is 0.222. The second-order valence-corrected chi connectivity index (χ2v) is 4.27. The Morgan fingerprint density at radius 2 is 2.46 bits per heavy atom. The van der Waals surface area contributed by atoms with E-state index in [1.165, 1.54) is 0 Å². The zero-order chi connectivity index (χ0) is 9.84. The van der Waals surface area contributed by atoms with Gasteiger partial charge in [0.05, 0.1) is 0 Å². The fraction of sp³-hybridized carbons (Fsp3) is 0.889. The molecule has 0 aromatic carbocycles. The van der Waals surface area contributed by atoms with E-state index in [2.05, 4.69) is 19.6 Å². The first-order valence-corrected chi connectivity index (χ1v) is 5.38. The summed E-state index contributed by atoms with van der Waals surface area (Å²) in [6, 6.07) is 0.328. The predicted octanol–water partition coefficient (Wildman–Crippen LogP) is 0.645. The lowest BCUT2D eigenvalue weighted by Gasteiger charge is -2.26. The van der Waals surface area contributed by atoms with Gasteiger partial charge in [-0.25, -0.2) is 0 Å². The number of thiol groups is 1. The number of carbonyl (C=O) groups is 1. The van der Waals surface area contributed by atoms with E-state index < -0.39 is 0 Å². The van der Waals surface area contributed by atoms with Crippen molar-refractivity contribution in [1.29, 1.82) is 0 Å². The molecule has 0 aromatic heterocycles. The van der Waals surface area contributed by atoms with Gasteiger partial charge < -0.3 is 10.6 Å². The van der Waals surface area contributed by atoms with Crippen LogP contribution in [0.1, 0.15) is 26.2 Å². The maximum absolute atomic E-state index is 11.5. The lowest BCUT2D eigenvalue weighted by Crippen LogP contribution is -2.37. The van der Waals surface area contributed by atoms with Crippen molar-refractivity contribution in [3.63, 3.8) is 0 Å². The quantitative estimate of drug-likeness (QED) is 0.657. The Bertz CT molecular complexity index is 186. The molecule has 1 rings (SSSR count). The van der Waals surface area contributed by atoms with Crippen LogP contribution in [0.5, 0.6) is 0 Å². The summed E-state index contributed by atoms with van der Waals surface area (Å²) in [6.07, 6.45) is 2.48. The number of hydrogen-bond acceptors (Lipinski definition) is 3. The number of nitrogens with zero attached hydrogens (tertiary/aromatic N) is 1. The van der Waals surface area contributed by atoms with Gasteiger partial charge in [-0.1, -0.05) is 6.92 Å². The maximum atomic E-state index is 11.5. The van der Waals surface area contributed by atoms with Gasteiger partial charge in [-0.05, 0) is 19.4 Å². The number of likely N-dealkylation sites (tertiary alicyclic amines) is 1. The third-order valence-corrected chi connectivity index (χ3v) is 2.90. The van der Waals surface area contributed by atoms with Crippen LogP contribution in [0, 0.1) is 0 Å². The number of hydrogen-bond donors (Lipinski definition) is 2. The van der Waals surface area contributed by atoms with Crippen LogP contribution in [0.15, 0.2) is 0 Å². The Balaban J connectivity index is 2.53. The second kappa shape index (κ2) is 4.86. The molecule has 0 radical (unpaired) electrons. The normalized spacial score (nSPS) is 25.3. The van der Waals surface area contributed by atoms with E-state index in [4.69, 9.17) is 5.73 Å². The molecule has 3 nitrogen and oxygen atoms in total. The predicted molar refractivity (Wildman–Crippen MR) is 56.9 cm³/mol. The SMILES string of the molecule is CCC(CCN)N1CC(S)CC1=O. The molecule has 2 N–H and O–H groups in total. The van der Waals surface area contributed by atoms with Crippen LogP contribution < -0.4 is 5.73 Å². The van der Waals surface area contributed by atoms with E-state index in [9.17, 15) is 4.79 Å². The molecule has 4 heteroatoms. The minimum absolute atomic E-state index is 0.222. The lowest BCUT2D eigenvalue weighted by molar-refractivity contribution is -0.129. The Morgan fingerprint density at radius 3 is 2.85 bits per heavy atom. The Hall–Kier alpha value is -0.220. The molecule has 1 aliphatic rings. The summed E-state index contributed by atoms with van der Waals surface area (Å²) in [5.74, 6) is 0.236. The number of carbonyl (C=O) groups excluding carboxylic acids is 1. The standard InChI is InChI=1S/C9H18N2OS/c1-2-7(3-4-10)11-6-8(13)5-9(11)12/h7-8,13H,2-6,10H2,1H3. The summed E-state index contributed by atoms with van der Waals surface area (Å²) in [5.41, 5.74) is 5.50.